The zero-order chi connectivity index (χ0) is 14.9. The summed E-state index contributed by atoms with van der Waals surface area (Å²) in [6.45, 7) is 1.01. The van der Waals surface area contributed by atoms with Crippen LogP contribution in [0.4, 0.5) is 0 Å². The number of carbonyl (C=O) groups is 1. The van der Waals surface area contributed by atoms with Crippen molar-refractivity contribution in [1.29, 1.82) is 0 Å². The molecule has 9 heteroatoms. The van der Waals surface area contributed by atoms with Crippen LogP contribution in [-0.4, -0.2) is 33.6 Å². The second-order valence-electron chi connectivity index (χ2n) is 4.35. The zero-order valence-corrected chi connectivity index (χ0v) is 13.4. The lowest BCUT2D eigenvalue weighted by Gasteiger charge is -2.13. The summed E-state index contributed by atoms with van der Waals surface area (Å²) in [6, 6.07) is 2.32. The van der Waals surface area contributed by atoms with Gasteiger partial charge in [0.1, 0.15) is 0 Å². The summed E-state index contributed by atoms with van der Waals surface area (Å²) >= 11 is 9.13. The molecule has 1 atom stereocenters. The minimum Gasteiger partial charge on any atom is -0.379 e. The first-order valence-corrected chi connectivity index (χ1v) is 8.41. The Morgan fingerprint density at radius 1 is 1.50 bits per heavy atom. The van der Waals surface area contributed by atoms with Gasteiger partial charge in [-0.05, 0) is 34.5 Å². The smallest absolute Gasteiger partial charge is 0.253 e. The number of nitrogens with one attached hydrogen (secondary N) is 1. The highest BCUT2D eigenvalue weighted by Gasteiger charge is 2.23. The zero-order valence-electron chi connectivity index (χ0n) is 10.2. The van der Waals surface area contributed by atoms with Crippen LogP contribution in [0.5, 0.6) is 0 Å². The summed E-state index contributed by atoms with van der Waals surface area (Å²) in [4.78, 5) is 12.0. The Balaban J connectivity index is 2.34. The minimum atomic E-state index is -3.92. The van der Waals surface area contributed by atoms with E-state index >= 15 is 0 Å². The van der Waals surface area contributed by atoms with E-state index in [0.717, 1.165) is 6.07 Å². The third-order valence-corrected chi connectivity index (χ3v) is 4.99. The molecule has 1 aliphatic heterocycles. The van der Waals surface area contributed by atoms with E-state index in [9.17, 15) is 13.2 Å². The lowest BCUT2D eigenvalue weighted by atomic mass is 10.2. The van der Waals surface area contributed by atoms with E-state index in [1.807, 2.05) is 0 Å². The molecule has 1 amide bonds. The van der Waals surface area contributed by atoms with Crippen molar-refractivity contribution in [3.63, 3.8) is 0 Å². The van der Waals surface area contributed by atoms with E-state index in [4.69, 9.17) is 21.5 Å². The quantitative estimate of drug-likeness (QED) is 0.821. The van der Waals surface area contributed by atoms with Crippen LogP contribution in [0.25, 0.3) is 0 Å². The van der Waals surface area contributed by atoms with Gasteiger partial charge in [-0.3, -0.25) is 4.79 Å². The summed E-state index contributed by atoms with van der Waals surface area (Å²) in [5, 5.41) is 7.94. The van der Waals surface area contributed by atoms with Crippen LogP contribution in [0.15, 0.2) is 21.5 Å². The molecule has 0 aliphatic carbocycles. The fourth-order valence-electron chi connectivity index (χ4n) is 1.81. The van der Waals surface area contributed by atoms with E-state index < -0.39 is 15.9 Å². The molecule has 20 heavy (non-hydrogen) atoms. The lowest BCUT2D eigenvalue weighted by Crippen LogP contribution is -2.35. The van der Waals surface area contributed by atoms with Crippen molar-refractivity contribution in [3.8, 4) is 0 Å². The van der Waals surface area contributed by atoms with Crippen LogP contribution in [0, 0.1) is 0 Å². The van der Waals surface area contributed by atoms with Crippen LogP contribution in [0.1, 0.15) is 16.8 Å². The van der Waals surface area contributed by atoms with Crippen LogP contribution in [0.3, 0.4) is 0 Å². The molecule has 1 aliphatic rings. The van der Waals surface area contributed by atoms with Crippen molar-refractivity contribution in [1.82, 2.24) is 5.32 Å². The molecule has 1 unspecified atom stereocenters. The molecular formula is C11H12BrClN2O4S. The monoisotopic (exact) mass is 382 g/mol. The van der Waals surface area contributed by atoms with E-state index in [1.165, 1.54) is 6.07 Å². The number of benzene rings is 1. The van der Waals surface area contributed by atoms with Gasteiger partial charge in [0.05, 0.1) is 28.1 Å². The number of amides is 1. The maximum absolute atomic E-state index is 12.1. The summed E-state index contributed by atoms with van der Waals surface area (Å²) in [7, 11) is -3.92. The molecule has 1 aromatic rings. The third kappa shape index (κ3) is 3.50. The van der Waals surface area contributed by atoms with Crippen molar-refractivity contribution in [2.75, 3.05) is 13.2 Å². The molecule has 110 valence electrons. The van der Waals surface area contributed by atoms with Crippen molar-refractivity contribution in [2.24, 2.45) is 5.14 Å². The highest BCUT2D eigenvalue weighted by atomic mass is 79.9. The van der Waals surface area contributed by atoms with Gasteiger partial charge in [-0.1, -0.05) is 11.6 Å². The fraction of sp³-hybridized carbons (Fsp3) is 0.364. The van der Waals surface area contributed by atoms with Gasteiger partial charge in [-0.2, -0.15) is 0 Å². The van der Waals surface area contributed by atoms with E-state index in [0.29, 0.717) is 24.1 Å². The molecule has 6 nitrogen and oxygen atoms in total. The molecule has 0 radical (unpaired) electrons. The standard InChI is InChI=1S/C11H12BrClN2O4S/c12-9-4-7(20(14,17)18)3-8(10(9)13)11(16)15-6-1-2-19-5-6/h3-4,6H,1-2,5H2,(H,15,16)(H2,14,17,18). The second kappa shape index (κ2) is 5.98. The lowest BCUT2D eigenvalue weighted by molar-refractivity contribution is 0.0930. The largest absolute Gasteiger partial charge is 0.379 e. The first-order chi connectivity index (χ1) is 9.29. The highest BCUT2D eigenvalue weighted by molar-refractivity contribution is 9.10. The molecule has 0 bridgehead atoms. The number of rotatable bonds is 3. The Morgan fingerprint density at radius 2 is 2.20 bits per heavy atom. The first-order valence-electron chi connectivity index (χ1n) is 5.69. The number of sulfonamides is 1. The Hall–Kier alpha value is -0.670. The van der Waals surface area contributed by atoms with Crippen molar-refractivity contribution in [2.45, 2.75) is 17.4 Å². The number of primary sulfonamides is 1. The van der Waals surface area contributed by atoms with Gasteiger partial charge in [0.15, 0.2) is 0 Å². The topological polar surface area (TPSA) is 98.5 Å². The van der Waals surface area contributed by atoms with Crippen LogP contribution in [0.2, 0.25) is 5.02 Å². The summed E-state index contributed by atoms with van der Waals surface area (Å²) in [6.07, 6.45) is 0.708. The average molecular weight is 384 g/mol. The van der Waals surface area contributed by atoms with Crippen LogP contribution < -0.4 is 10.5 Å². The molecule has 1 fully saturated rings. The van der Waals surface area contributed by atoms with Gasteiger partial charge in [0.25, 0.3) is 5.91 Å². The SMILES string of the molecule is NS(=O)(=O)c1cc(Br)c(Cl)c(C(=O)NC2CCOC2)c1. The number of ether oxygens (including phenoxy) is 1. The number of hydrogen-bond acceptors (Lipinski definition) is 4. The molecule has 1 aromatic carbocycles. The average Bonchev–Trinajstić information content (AvgIpc) is 2.83. The maximum Gasteiger partial charge on any atom is 0.253 e. The van der Waals surface area contributed by atoms with E-state index in [1.54, 1.807) is 0 Å². The first kappa shape index (κ1) is 15.7. The van der Waals surface area contributed by atoms with Gasteiger partial charge < -0.3 is 10.1 Å². The molecule has 0 saturated carbocycles. The molecule has 3 N–H and O–H groups in total. The van der Waals surface area contributed by atoms with Crippen LogP contribution in [-0.2, 0) is 14.8 Å². The molecule has 0 aromatic heterocycles. The second-order valence-corrected chi connectivity index (χ2v) is 7.14. The Morgan fingerprint density at radius 3 is 2.75 bits per heavy atom. The van der Waals surface area contributed by atoms with Gasteiger partial charge >= 0.3 is 0 Å². The van der Waals surface area contributed by atoms with Gasteiger partial charge in [0, 0.05) is 11.1 Å². The van der Waals surface area contributed by atoms with Crippen molar-refractivity contribution >= 4 is 43.5 Å². The van der Waals surface area contributed by atoms with Gasteiger partial charge in [-0.15, -0.1) is 0 Å². The predicted octanol–water partition coefficient (Wildman–Crippen LogP) is 1.27. The summed E-state index contributed by atoms with van der Waals surface area (Å²) in [5.41, 5.74) is 0.0527. The Labute approximate surface area is 129 Å². The normalized spacial score (nSPS) is 19.1. The van der Waals surface area contributed by atoms with E-state index in [2.05, 4.69) is 21.2 Å². The molecule has 2 rings (SSSR count). The van der Waals surface area contributed by atoms with Crippen molar-refractivity contribution < 1.29 is 17.9 Å². The Kier molecular flexibility index (Phi) is 4.70. The molecule has 1 heterocycles. The van der Waals surface area contributed by atoms with Crippen LogP contribution >= 0.6 is 27.5 Å². The fourth-order valence-corrected chi connectivity index (χ4v) is 3.18. The summed E-state index contributed by atoms with van der Waals surface area (Å²) in [5.74, 6) is -0.461. The number of carbonyl (C=O) groups excluding carboxylic acids is 1. The van der Waals surface area contributed by atoms with Crippen molar-refractivity contribution in [3.05, 3.63) is 27.2 Å². The maximum atomic E-state index is 12.1. The number of halogens is 2. The Bertz CT molecular complexity index is 644. The predicted molar refractivity (Wildman–Crippen MR) is 77.2 cm³/mol. The molecule has 0 spiro atoms. The van der Waals surface area contributed by atoms with Gasteiger partial charge in [0.2, 0.25) is 10.0 Å². The minimum absolute atomic E-state index is 0.0527. The summed E-state index contributed by atoms with van der Waals surface area (Å²) < 4.78 is 28.2. The van der Waals surface area contributed by atoms with E-state index in [-0.39, 0.29) is 21.5 Å². The molecular weight excluding hydrogens is 372 g/mol. The number of hydrogen-bond donors (Lipinski definition) is 2. The molecule has 1 saturated heterocycles. The third-order valence-electron chi connectivity index (χ3n) is 2.84. The van der Waals surface area contributed by atoms with Gasteiger partial charge in [-0.25, -0.2) is 13.6 Å². The number of nitrogens with two attached hydrogens (primary N) is 1. The highest BCUT2D eigenvalue weighted by Crippen LogP contribution is 2.29.